The molecule has 0 saturated carbocycles. The number of nitrogens with one attached hydrogen (secondary N) is 3. The molecule has 3 aromatic rings. The van der Waals surface area contributed by atoms with Crippen LogP contribution >= 0.6 is 0 Å². The molecule has 172 valence electrons. The standard InChI is InChI=1S/C23H29N3O5S/c1-32(29,30)26-21-12-15(6-9-22(21)27)23(28)14-24-10-11-31-16-7-8-18-17-4-2-3-5-19(17)25-20(18)13-16/h6-9,12-13,23-28H,2-5,10-11,14H2,1H3/t23-/m0/s1. The molecule has 0 radical (unpaired) electrons. The number of rotatable bonds is 9. The fraction of sp³-hybridized carbons (Fsp3) is 0.391. The molecule has 5 N–H and O–H groups in total. The number of phenols is 1. The largest absolute Gasteiger partial charge is 0.506 e. The van der Waals surface area contributed by atoms with Crippen molar-refractivity contribution in [1.29, 1.82) is 0 Å². The molecule has 8 nitrogen and oxygen atoms in total. The summed E-state index contributed by atoms with van der Waals surface area (Å²) in [6.07, 6.45) is 4.86. The Hall–Kier alpha value is -2.75. The van der Waals surface area contributed by atoms with Gasteiger partial charge in [-0.25, -0.2) is 8.42 Å². The van der Waals surface area contributed by atoms with Gasteiger partial charge in [0.05, 0.1) is 18.0 Å². The van der Waals surface area contributed by atoms with Crippen molar-refractivity contribution in [3.8, 4) is 11.5 Å². The zero-order valence-corrected chi connectivity index (χ0v) is 18.8. The summed E-state index contributed by atoms with van der Waals surface area (Å²) >= 11 is 0. The molecular weight excluding hydrogens is 430 g/mol. The quantitative estimate of drug-likeness (QED) is 0.248. The van der Waals surface area contributed by atoms with E-state index < -0.39 is 16.1 Å². The van der Waals surface area contributed by atoms with Crippen molar-refractivity contribution in [2.75, 3.05) is 30.7 Å². The minimum Gasteiger partial charge on any atom is -0.506 e. The average molecular weight is 460 g/mol. The van der Waals surface area contributed by atoms with E-state index in [2.05, 4.69) is 21.1 Å². The molecule has 32 heavy (non-hydrogen) atoms. The van der Waals surface area contributed by atoms with E-state index in [1.165, 1.54) is 41.6 Å². The normalized spacial score (nSPS) is 14.8. The predicted octanol–water partition coefficient (Wildman–Crippen LogP) is 2.83. The number of aliphatic hydroxyl groups is 1. The van der Waals surface area contributed by atoms with Crippen molar-refractivity contribution >= 4 is 26.6 Å². The molecular formula is C23H29N3O5S. The fourth-order valence-corrected chi connectivity index (χ4v) is 4.69. The minimum atomic E-state index is -3.53. The number of ether oxygens (including phenoxy) is 1. The van der Waals surface area contributed by atoms with Gasteiger partial charge in [0.15, 0.2) is 0 Å². The van der Waals surface area contributed by atoms with Crippen LogP contribution in [0.3, 0.4) is 0 Å². The van der Waals surface area contributed by atoms with Gasteiger partial charge in [-0.2, -0.15) is 0 Å². The Bertz CT molecular complexity index is 1210. The lowest BCUT2D eigenvalue weighted by molar-refractivity contribution is 0.172. The maximum absolute atomic E-state index is 11.4. The fourth-order valence-electron chi connectivity index (χ4n) is 4.12. The van der Waals surface area contributed by atoms with Crippen LogP contribution in [0.4, 0.5) is 5.69 Å². The molecule has 0 unspecified atom stereocenters. The molecule has 4 rings (SSSR count). The number of aromatic nitrogens is 1. The third-order valence-corrected chi connectivity index (χ3v) is 6.25. The summed E-state index contributed by atoms with van der Waals surface area (Å²) in [5.41, 5.74) is 4.43. The molecule has 1 aliphatic rings. The summed E-state index contributed by atoms with van der Waals surface area (Å²) in [6.45, 7) is 1.23. The molecule has 0 spiro atoms. The monoisotopic (exact) mass is 459 g/mol. The Labute approximate surface area is 187 Å². The molecule has 1 heterocycles. The molecule has 0 saturated heterocycles. The van der Waals surface area contributed by atoms with Crippen molar-refractivity contribution in [2.45, 2.75) is 31.8 Å². The maximum atomic E-state index is 11.4. The second kappa shape index (κ2) is 9.40. The minimum absolute atomic E-state index is 0.0359. The Morgan fingerprint density at radius 3 is 2.78 bits per heavy atom. The molecule has 1 atom stereocenters. The summed E-state index contributed by atoms with van der Waals surface area (Å²) in [4.78, 5) is 3.52. The van der Waals surface area contributed by atoms with Gasteiger partial charge in [0.1, 0.15) is 18.1 Å². The summed E-state index contributed by atoms with van der Waals surface area (Å²) in [7, 11) is -3.53. The van der Waals surface area contributed by atoms with Gasteiger partial charge in [0.2, 0.25) is 10.0 Å². The van der Waals surface area contributed by atoms with E-state index in [4.69, 9.17) is 4.74 Å². The molecule has 0 aliphatic heterocycles. The smallest absolute Gasteiger partial charge is 0.229 e. The van der Waals surface area contributed by atoms with Crippen LogP contribution in [-0.2, 0) is 22.9 Å². The molecule has 1 aromatic heterocycles. The summed E-state index contributed by atoms with van der Waals surface area (Å²) < 4.78 is 30.9. The van der Waals surface area contributed by atoms with Gasteiger partial charge in [-0.15, -0.1) is 0 Å². The Balaban J connectivity index is 1.27. The highest BCUT2D eigenvalue weighted by Gasteiger charge is 2.16. The maximum Gasteiger partial charge on any atom is 0.229 e. The SMILES string of the molecule is CS(=O)(=O)Nc1cc([C@@H](O)CNCCOc2ccc3c4c([nH]c3c2)CCCC4)ccc1O. The number of aromatic hydroxyl groups is 1. The summed E-state index contributed by atoms with van der Waals surface area (Å²) in [5.74, 6) is 0.598. The lowest BCUT2D eigenvalue weighted by atomic mass is 9.96. The highest BCUT2D eigenvalue weighted by molar-refractivity contribution is 7.92. The van der Waals surface area contributed by atoms with Crippen LogP contribution in [0.1, 0.15) is 35.8 Å². The van der Waals surface area contributed by atoms with Gasteiger partial charge in [0.25, 0.3) is 0 Å². The van der Waals surface area contributed by atoms with E-state index in [0.29, 0.717) is 18.7 Å². The first kappa shape index (κ1) is 22.4. The van der Waals surface area contributed by atoms with E-state index in [1.807, 2.05) is 12.1 Å². The Morgan fingerprint density at radius 1 is 1.16 bits per heavy atom. The number of H-pyrrole nitrogens is 1. The number of hydrogen-bond donors (Lipinski definition) is 5. The first-order chi connectivity index (χ1) is 15.3. The third kappa shape index (κ3) is 5.35. The molecule has 1 aliphatic carbocycles. The van der Waals surface area contributed by atoms with Crippen LogP contribution in [0, 0.1) is 0 Å². The first-order valence-corrected chi connectivity index (χ1v) is 12.6. The third-order valence-electron chi connectivity index (χ3n) is 5.66. The van der Waals surface area contributed by atoms with Crippen molar-refractivity contribution < 1.29 is 23.4 Å². The Kier molecular flexibility index (Phi) is 6.59. The van der Waals surface area contributed by atoms with Crippen LogP contribution in [0.25, 0.3) is 10.9 Å². The molecule has 0 bridgehead atoms. The second-order valence-electron chi connectivity index (χ2n) is 8.22. The average Bonchev–Trinajstić information content (AvgIpc) is 3.11. The van der Waals surface area contributed by atoms with Gasteiger partial charge in [0, 0.05) is 35.8 Å². The lowest BCUT2D eigenvalue weighted by Crippen LogP contribution is -2.26. The number of phenolic OH excluding ortho intramolecular Hbond substituents is 1. The van der Waals surface area contributed by atoms with Crippen LogP contribution < -0.4 is 14.8 Å². The number of sulfonamides is 1. The number of anilines is 1. The van der Waals surface area contributed by atoms with E-state index in [1.54, 1.807) is 6.07 Å². The predicted molar refractivity (Wildman–Crippen MR) is 125 cm³/mol. The highest BCUT2D eigenvalue weighted by Crippen LogP contribution is 2.31. The van der Waals surface area contributed by atoms with Crippen molar-refractivity contribution in [1.82, 2.24) is 10.3 Å². The van der Waals surface area contributed by atoms with Crippen molar-refractivity contribution in [3.63, 3.8) is 0 Å². The van der Waals surface area contributed by atoms with Gasteiger partial charge < -0.3 is 25.3 Å². The van der Waals surface area contributed by atoms with Gasteiger partial charge >= 0.3 is 0 Å². The van der Waals surface area contributed by atoms with Gasteiger partial charge in [-0.05, 0) is 61.1 Å². The highest BCUT2D eigenvalue weighted by atomic mass is 32.2. The first-order valence-electron chi connectivity index (χ1n) is 10.8. The lowest BCUT2D eigenvalue weighted by Gasteiger charge is -2.15. The molecule has 2 aromatic carbocycles. The van der Waals surface area contributed by atoms with E-state index >= 15 is 0 Å². The number of aromatic amines is 1. The number of aliphatic hydroxyl groups excluding tert-OH is 1. The molecule has 9 heteroatoms. The van der Waals surface area contributed by atoms with Gasteiger partial charge in [-0.1, -0.05) is 6.07 Å². The van der Waals surface area contributed by atoms with Crippen molar-refractivity contribution in [2.24, 2.45) is 0 Å². The number of aryl methyl sites for hydroxylation is 2. The number of fused-ring (bicyclic) bond motifs is 3. The second-order valence-corrected chi connectivity index (χ2v) is 9.96. The topological polar surface area (TPSA) is 124 Å². The van der Waals surface area contributed by atoms with Crippen LogP contribution in [-0.4, -0.2) is 49.6 Å². The zero-order chi connectivity index (χ0) is 22.7. The van der Waals surface area contributed by atoms with Crippen LogP contribution in [0.5, 0.6) is 11.5 Å². The number of hydrogen-bond acceptors (Lipinski definition) is 6. The molecule has 0 fully saturated rings. The summed E-state index contributed by atoms with van der Waals surface area (Å²) in [6, 6.07) is 10.5. The van der Waals surface area contributed by atoms with Crippen LogP contribution in [0.2, 0.25) is 0 Å². The van der Waals surface area contributed by atoms with Crippen LogP contribution in [0.15, 0.2) is 36.4 Å². The van der Waals surface area contributed by atoms with Crippen molar-refractivity contribution in [3.05, 3.63) is 53.2 Å². The molecule has 0 amide bonds. The zero-order valence-electron chi connectivity index (χ0n) is 18.0. The van der Waals surface area contributed by atoms with Gasteiger partial charge in [-0.3, -0.25) is 4.72 Å². The number of benzene rings is 2. The summed E-state index contributed by atoms with van der Waals surface area (Å²) in [5, 5.41) is 24.6. The van der Waals surface area contributed by atoms with E-state index in [0.717, 1.165) is 30.4 Å². The van der Waals surface area contributed by atoms with E-state index in [-0.39, 0.29) is 18.0 Å². The van der Waals surface area contributed by atoms with E-state index in [9.17, 15) is 18.6 Å². The Morgan fingerprint density at radius 2 is 1.97 bits per heavy atom.